The molecule has 0 atom stereocenters. The molecule has 1 heterocycles. The van der Waals surface area contributed by atoms with Gasteiger partial charge < -0.3 is 4.57 Å². The second-order valence-electron chi connectivity index (χ2n) is 6.33. The molecule has 5 heteroatoms. The van der Waals surface area contributed by atoms with E-state index < -0.39 is 5.91 Å². The maximum atomic E-state index is 11.7. The number of aryl methyl sites for hydroxylation is 2. The van der Waals surface area contributed by atoms with Gasteiger partial charge in [-0.05, 0) is 30.2 Å². The molecule has 0 saturated carbocycles. The number of hydroxylamine groups is 1. The summed E-state index contributed by atoms with van der Waals surface area (Å²) in [5.41, 5.74) is 6.01. The van der Waals surface area contributed by atoms with E-state index in [9.17, 15) is 4.79 Å². The Morgan fingerprint density at radius 1 is 0.963 bits per heavy atom. The molecule has 2 N–H and O–H groups in total. The normalized spacial score (nSPS) is 10.9. The van der Waals surface area contributed by atoms with Gasteiger partial charge in [0, 0.05) is 17.7 Å². The average Bonchev–Trinajstić information content (AvgIpc) is 3.10. The van der Waals surface area contributed by atoms with Crippen LogP contribution in [0.15, 0.2) is 78.9 Å². The third kappa shape index (κ3) is 3.45. The van der Waals surface area contributed by atoms with E-state index >= 15 is 0 Å². The summed E-state index contributed by atoms with van der Waals surface area (Å²) in [4.78, 5) is 16.5. The fourth-order valence-corrected chi connectivity index (χ4v) is 3.26. The van der Waals surface area contributed by atoms with E-state index in [4.69, 9.17) is 10.2 Å². The van der Waals surface area contributed by atoms with Gasteiger partial charge in [-0.1, -0.05) is 60.7 Å². The molecule has 0 bridgehead atoms. The van der Waals surface area contributed by atoms with Crippen molar-refractivity contribution in [1.29, 1.82) is 0 Å². The Morgan fingerprint density at radius 3 is 2.37 bits per heavy atom. The van der Waals surface area contributed by atoms with Crippen LogP contribution in [0.2, 0.25) is 0 Å². The van der Waals surface area contributed by atoms with Gasteiger partial charge >= 0.3 is 0 Å². The molecule has 0 aliphatic rings. The summed E-state index contributed by atoms with van der Waals surface area (Å²) in [5, 5.41) is 8.88. The number of hydrogen-bond acceptors (Lipinski definition) is 3. The molecule has 1 aromatic heterocycles. The Hall–Kier alpha value is -3.44. The number of nitrogens with zero attached hydrogens (tertiary/aromatic N) is 2. The summed E-state index contributed by atoms with van der Waals surface area (Å²) in [6, 6.07) is 25.6. The van der Waals surface area contributed by atoms with Crippen molar-refractivity contribution < 1.29 is 10.0 Å². The highest BCUT2D eigenvalue weighted by Crippen LogP contribution is 2.26. The van der Waals surface area contributed by atoms with Crippen LogP contribution in [0.3, 0.4) is 0 Å². The van der Waals surface area contributed by atoms with E-state index in [2.05, 4.69) is 16.7 Å². The van der Waals surface area contributed by atoms with Crippen molar-refractivity contribution in [3.63, 3.8) is 0 Å². The summed E-state index contributed by atoms with van der Waals surface area (Å²) in [6.07, 6.45) is 0.880. The van der Waals surface area contributed by atoms with Gasteiger partial charge in [0.05, 0.1) is 11.0 Å². The van der Waals surface area contributed by atoms with E-state index in [1.165, 1.54) is 5.56 Å². The van der Waals surface area contributed by atoms with Crippen molar-refractivity contribution in [2.45, 2.75) is 13.0 Å². The van der Waals surface area contributed by atoms with Crippen LogP contribution in [-0.4, -0.2) is 20.7 Å². The molecule has 3 aromatic carbocycles. The minimum atomic E-state index is -0.544. The maximum Gasteiger partial charge on any atom is 0.274 e. The number of rotatable bonds is 5. The Morgan fingerprint density at radius 2 is 1.67 bits per heavy atom. The molecule has 27 heavy (non-hydrogen) atoms. The second kappa shape index (κ2) is 7.43. The molecule has 0 aliphatic heterocycles. The minimum Gasteiger partial charge on any atom is -0.324 e. The van der Waals surface area contributed by atoms with Crippen molar-refractivity contribution in [2.24, 2.45) is 0 Å². The fraction of sp³-hybridized carbons (Fsp3) is 0.0909. The largest absolute Gasteiger partial charge is 0.324 e. The molecule has 5 nitrogen and oxygen atoms in total. The highest BCUT2D eigenvalue weighted by molar-refractivity contribution is 5.97. The number of amides is 1. The lowest BCUT2D eigenvalue weighted by Crippen LogP contribution is -2.18. The molecule has 0 aliphatic carbocycles. The summed E-state index contributed by atoms with van der Waals surface area (Å²) in [6.45, 7) is 0.774. The Bertz CT molecular complexity index is 1070. The smallest absolute Gasteiger partial charge is 0.274 e. The van der Waals surface area contributed by atoms with Crippen LogP contribution < -0.4 is 5.48 Å². The maximum absolute atomic E-state index is 11.7. The zero-order valence-corrected chi connectivity index (χ0v) is 14.7. The van der Waals surface area contributed by atoms with Crippen LogP contribution in [0.4, 0.5) is 0 Å². The van der Waals surface area contributed by atoms with Crippen LogP contribution >= 0.6 is 0 Å². The highest BCUT2D eigenvalue weighted by atomic mass is 16.5. The molecule has 0 saturated heterocycles. The molecule has 0 unspecified atom stereocenters. The van der Waals surface area contributed by atoms with Gasteiger partial charge in [0.25, 0.3) is 5.91 Å². The quantitative estimate of drug-likeness (QED) is 0.418. The number of carbonyl (C=O) groups excluding carboxylic acids is 1. The lowest BCUT2D eigenvalue weighted by molar-refractivity contribution is 0.0706. The van der Waals surface area contributed by atoms with Crippen molar-refractivity contribution in [2.75, 3.05) is 0 Å². The number of hydrogen-bond donors (Lipinski definition) is 2. The molecule has 1 amide bonds. The molecular formula is C22H19N3O2. The molecule has 0 fully saturated rings. The molecule has 134 valence electrons. The second-order valence-corrected chi connectivity index (χ2v) is 6.33. The summed E-state index contributed by atoms with van der Waals surface area (Å²) < 4.78 is 2.18. The van der Waals surface area contributed by atoms with E-state index in [-0.39, 0.29) is 0 Å². The molecule has 0 spiro atoms. The van der Waals surface area contributed by atoms with Gasteiger partial charge in [0.15, 0.2) is 0 Å². The van der Waals surface area contributed by atoms with Crippen molar-refractivity contribution in [3.8, 4) is 11.4 Å². The van der Waals surface area contributed by atoms with E-state index in [0.717, 1.165) is 35.4 Å². The van der Waals surface area contributed by atoms with Crippen LogP contribution in [0.5, 0.6) is 0 Å². The molecule has 0 radical (unpaired) electrons. The van der Waals surface area contributed by atoms with E-state index in [0.29, 0.717) is 5.56 Å². The third-order valence-electron chi connectivity index (χ3n) is 4.61. The van der Waals surface area contributed by atoms with Crippen molar-refractivity contribution >= 4 is 16.9 Å². The van der Waals surface area contributed by atoms with Crippen LogP contribution in [0, 0.1) is 0 Å². The lowest BCUT2D eigenvalue weighted by atomic mass is 10.1. The van der Waals surface area contributed by atoms with Gasteiger partial charge in [-0.3, -0.25) is 10.0 Å². The standard InChI is InChI=1S/C22H19N3O2/c26-22(24-27)18-11-12-20-19(15-18)23-21(17-9-5-2-6-10-17)25(20)14-13-16-7-3-1-4-8-16/h1-12,15,27H,13-14H2,(H,24,26). The first-order chi connectivity index (χ1) is 13.3. The van der Waals surface area contributed by atoms with Crippen LogP contribution in [0.1, 0.15) is 15.9 Å². The van der Waals surface area contributed by atoms with Gasteiger partial charge in [0.2, 0.25) is 0 Å². The number of nitrogens with one attached hydrogen (secondary N) is 1. The average molecular weight is 357 g/mol. The number of imidazole rings is 1. The predicted molar refractivity (Wildman–Crippen MR) is 105 cm³/mol. The number of benzene rings is 3. The predicted octanol–water partition coefficient (Wildman–Crippen LogP) is 4.07. The molecular weight excluding hydrogens is 338 g/mol. The SMILES string of the molecule is O=C(NO)c1ccc2c(c1)nc(-c1ccccc1)n2CCc1ccccc1. The molecule has 4 aromatic rings. The van der Waals surface area contributed by atoms with E-state index in [1.807, 2.05) is 54.6 Å². The zero-order valence-electron chi connectivity index (χ0n) is 14.7. The lowest BCUT2D eigenvalue weighted by Gasteiger charge is -2.10. The van der Waals surface area contributed by atoms with Crippen molar-refractivity contribution in [1.82, 2.24) is 15.0 Å². The number of fused-ring (bicyclic) bond motifs is 1. The van der Waals surface area contributed by atoms with Gasteiger partial charge in [-0.25, -0.2) is 10.5 Å². The van der Waals surface area contributed by atoms with Crippen LogP contribution in [-0.2, 0) is 13.0 Å². The van der Waals surface area contributed by atoms with E-state index in [1.54, 1.807) is 17.6 Å². The van der Waals surface area contributed by atoms with Gasteiger partial charge in [0.1, 0.15) is 5.82 Å². The highest BCUT2D eigenvalue weighted by Gasteiger charge is 2.14. The third-order valence-corrected chi connectivity index (χ3v) is 4.61. The Balaban J connectivity index is 1.79. The number of carbonyl (C=O) groups is 1. The van der Waals surface area contributed by atoms with Crippen molar-refractivity contribution in [3.05, 3.63) is 90.0 Å². The first-order valence-electron chi connectivity index (χ1n) is 8.80. The van der Waals surface area contributed by atoms with Gasteiger partial charge in [-0.2, -0.15) is 0 Å². The minimum absolute atomic E-state index is 0.373. The first kappa shape index (κ1) is 17.0. The first-order valence-corrected chi connectivity index (χ1v) is 8.80. The fourth-order valence-electron chi connectivity index (χ4n) is 3.26. The van der Waals surface area contributed by atoms with Gasteiger partial charge in [-0.15, -0.1) is 0 Å². The Kier molecular flexibility index (Phi) is 4.68. The van der Waals surface area contributed by atoms with Crippen LogP contribution in [0.25, 0.3) is 22.4 Å². The number of aromatic nitrogens is 2. The molecule has 4 rings (SSSR count). The summed E-state index contributed by atoms with van der Waals surface area (Å²) in [7, 11) is 0. The summed E-state index contributed by atoms with van der Waals surface area (Å²) in [5.74, 6) is 0.320. The summed E-state index contributed by atoms with van der Waals surface area (Å²) >= 11 is 0. The Labute approximate surface area is 156 Å². The monoisotopic (exact) mass is 357 g/mol. The zero-order chi connectivity index (χ0) is 18.6. The topological polar surface area (TPSA) is 67.2 Å².